The number of amides is 1. The van der Waals surface area contributed by atoms with Crippen LogP contribution in [0.3, 0.4) is 0 Å². The quantitative estimate of drug-likeness (QED) is 0.808. The number of imidazole rings is 1. The van der Waals surface area contributed by atoms with Crippen LogP contribution in [0.1, 0.15) is 38.3 Å². The van der Waals surface area contributed by atoms with E-state index in [1.807, 2.05) is 13.8 Å². The number of carbonyl (C=O) groups is 1. The molecule has 1 amide bonds. The van der Waals surface area contributed by atoms with E-state index in [4.69, 9.17) is 16.3 Å². The Morgan fingerprint density at radius 3 is 2.78 bits per heavy atom. The third kappa shape index (κ3) is 3.56. The number of nitrogens with zero attached hydrogens (tertiary/aromatic N) is 3. The summed E-state index contributed by atoms with van der Waals surface area (Å²) in [5.41, 5.74) is 1.75. The van der Waals surface area contributed by atoms with Gasteiger partial charge in [-0.05, 0) is 12.8 Å². The fourth-order valence-corrected chi connectivity index (χ4v) is 2.83. The molecular formula is C15H21ClN4O3. The zero-order chi connectivity index (χ0) is 17.0. The topological polar surface area (TPSA) is 89.3 Å². The van der Waals surface area contributed by atoms with E-state index < -0.39 is 0 Å². The molecular weight excluding hydrogens is 320 g/mol. The van der Waals surface area contributed by atoms with Crippen molar-refractivity contribution in [3.8, 4) is 6.01 Å². The van der Waals surface area contributed by atoms with Crippen molar-refractivity contribution < 1.29 is 14.6 Å². The fraction of sp³-hybridized carbons (Fsp3) is 0.533. The maximum absolute atomic E-state index is 11.6. The second kappa shape index (κ2) is 7.61. The zero-order valence-corrected chi connectivity index (χ0v) is 14.2. The van der Waals surface area contributed by atoms with Gasteiger partial charge in [-0.15, -0.1) is 0 Å². The molecule has 7 nitrogen and oxygen atoms in total. The van der Waals surface area contributed by atoms with Gasteiger partial charge in [0.05, 0.1) is 10.5 Å². The summed E-state index contributed by atoms with van der Waals surface area (Å²) in [6.07, 6.45) is 3.14. The largest absolute Gasteiger partial charge is 0.480 e. The number of aromatic hydroxyl groups is 1. The van der Waals surface area contributed by atoms with Gasteiger partial charge in [0.15, 0.2) is 5.65 Å². The van der Waals surface area contributed by atoms with E-state index in [1.165, 1.54) is 13.3 Å². The van der Waals surface area contributed by atoms with Crippen LogP contribution in [0, 0.1) is 0 Å². The number of hydrogen-bond acceptors (Lipinski definition) is 5. The lowest BCUT2D eigenvalue weighted by molar-refractivity contribution is -0.124. The van der Waals surface area contributed by atoms with Gasteiger partial charge in [0.2, 0.25) is 5.91 Å². The lowest BCUT2D eigenvalue weighted by atomic mass is 10.1. The third-order valence-corrected chi connectivity index (χ3v) is 4.12. The first-order valence-corrected chi connectivity index (χ1v) is 7.91. The number of halogens is 1. The number of hydrogen-bond donors (Lipinski definition) is 2. The van der Waals surface area contributed by atoms with E-state index >= 15 is 0 Å². The predicted octanol–water partition coefficient (Wildman–Crippen LogP) is 2.41. The summed E-state index contributed by atoms with van der Waals surface area (Å²) < 4.78 is 6.54. The van der Waals surface area contributed by atoms with Crippen molar-refractivity contribution in [2.75, 3.05) is 13.7 Å². The standard InChI is InChI=1S/C15H21ClN4O3/c1-4-9(5-2)20-13-10(6-17-12(21)8-23-3)11(16)7-18-14(13)19-15(20)22/h7,9H,4-6,8H2,1-3H3,(H,17,21)(H,18,19,22). The van der Waals surface area contributed by atoms with Crippen molar-refractivity contribution in [3.63, 3.8) is 0 Å². The van der Waals surface area contributed by atoms with Crippen LogP contribution in [0.15, 0.2) is 6.20 Å². The van der Waals surface area contributed by atoms with Gasteiger partial charge in [-0.3, -0.25) is 9.36 Å². The van der Waals surface area contributed by atoms with Gasteiger partial charge in [0.25, 0.3) is 6.01 Å². The summed E-state index contributed by atoms with van der Waals surface area (Å²) >= 11 is 6.27. The lowest BCUT2D eigenvalue weighted by Gasteiger charge is -2.18. The highest BCUT2D eigenvalue weighted by Crippen LogP contribution is 2.32. The van der Waals surface area contributed by atoms with Crippen molar-refractivity contribution in [1.29, 1.82) is 0 Å². The maximum Gasteiger partial charge on any atom is 0.296 e. The van der Waals surface area contributed by atoms with Gasteiger partial charge in [0.1, 0.15) is 6.61 Å². The minimum Gasteiger partial charge on any atom is -0.480 e. The molecule has 8 heteroatoms. The highest BCUT2D eigenvalue weighted by atomic mass is 35.5. The molecule has 0 aromatic carbocycles. The molecule has 2 aromatic rings. The second-order valence-corrected chi connectivity index (χ2v) is 5.63. The van der Waals surface area contributed by atoms with Crippen molar-refractivity contribution >= 4 is 28.7 Å². The number of carbonyl (C=O) groups excluding carboxylic acids is 1. The van der Waals surface area contributed by atoms with Crippen LogP contribution in [0.4, 0.5) is 0 Å². The van der Waals surface area contributed by atoms with Gasteiger partial charge in [-0.25, -0.2) is 4.98 Å². The smallest absolute Gasteiger partial charge is 0.296 e. The molecule has 0 saturated carbocycles. The van der Waals surface area contributed by atoms with Crippen LogP contribution in [0.2, 0.25) is 5.02 Å². The SMILES string of the molecule is CCC(CC)n1c(O)nc2ncc(Cl)c(CNC(=O)COC)c21. The van der Waals surface area contributed by atoms with E-state index in [-0.39, 0.29) is 31.1 Å². The van der Waals surface area contributed by atoms with Gasteiger partial charge >= 0.3 is 0 Å². The number of methoxy groups -OCH3 is 1. The van der Waals surface area contributed by atoms with Gasteiger partial charge in [-0.2, -0.15) is 4.98 Å². The van der Waals surface area contributed by atoms with Crippen molar-refractivity contribution in [2.24, 2.45) is 0 Å². The molecule has 0 saturated heterocycles. The van der Waals surface area contributed by atoms with Crippen molar-refractivity contribution in [2.45, 2.75) is 39.3 Å². The molecule has 2 N–H and O–H groups in total. The number of rotatable bonds is 7. The molecule has 23 heavy (non-hydrogen) atoms. The van der Waals surface area contributed by atoms with E-state index in [0.717, 1.165) is 12.8 Å². The molecule has 0 aliphatic rings. The number of ether oxygens (including phenoxy) is 1. The summed E-state index contributed by atoms with van der Waals surface area (Å²) in [7, 11) is 1.46. The van der Waals surface area contributed by atoms with Crippen LogP contribution >= 0.6 is 11.6 Å². The van der Waals surface area contributed by atoms with Crippen LogP contribution in [-0.4, -0.2) is 39.3 Å². The summed E-state index contributed by atoms with van der Waals surface area (Å²) in [6, 6.07) is -0.0124. The van der Waals surface area contributed by atoms with Crippen LogP contribution < -0.4 is 5.32 Å². The summed E-state index contributed by atoms with van der Waals surface area (Å²) in [5.74, 6) is -0.244. The number of aromatic nitrogens is 3. The van der Waals surface area contributed by atoms with Gasteiger partial charge in [-0.1, -0.05) is 25.4 Å². The Morgan fingerprint density at radius 1 is 1.48 bits per heavy atom. The highest BCUT2D eigenvalue weighted by Gasteiger charge is 2.21. The molecule has 0 unspecified atom stereocenters. The Bertz CT molecular complexity index is 698. The third-order valence-electron chi connectivity index (χ3n) is 3.79. The van der Waals surface area contributed by atoms with Gasteiger partial charge in [0, 0.05) is 31.5 Å². The number of nitrogens with one attached hydrogen (secondary N) is 1. The van der Waals surface area contributed by atoms with Crippen LogP contribution in [-0.2, 0) is 16.1 Å². The van der Waals surface area contributed by atoms with Crippen LogP contribution in [0.5, 0.6) is 6.01 Å². The Kier molecular flexibility index (Phi) is 5.79. The second-order valence-electron chi connectivity index (χ2n) is 5.22. The van der Waals surface area contributed by atoms with E-state index in [2.05, 4.69) is 15.3 Å². The number of pyridine rings is 1. The van der Waals surface area contributed by atoms with Crippen molar-refractivity contribution in [1.82, 2.24) is 19.9 Å². The number of fused-ring (bicyclic) bond motifs is 1. The molecule has 0 aliphatic heterocycles. The zero-order valence-electron chi connectivity index (χ0n) is 13.5. The Balaban J connectivity index is 2.49. The summed E-state index contributed by atoms with van der Waals surface area (Å²) in [6.45, 7) is 4.27. The minimum absolute atomic E-state index is 0.0249. The molecule has 0 radical (unpaired) electrons. The molecule has 0 spiro atoms. The first kappa shape index (κ1) is 17.5. The maximum atomic E-state index is 11.6. The lowest BCUT2D eigenvalue weighted by Crippen LogP contribution is -2.27. The van der Waals surface area contributed by atoms with Crippen LogP contribution in [0.25, 0.3) is 11.2 Å². The van der Waals surface area contributed by atoms with E-state index in [0.29, 0.717) is 21.7 Å². The molecule has 0 aliphatic carbocycles. The molecule has 2 heterocycles. The first-order valence-electron chi connectivity index (χ1n) is 7.53. The fourth-order valence-electron chi connectivity index (χ4n) is 2.63. The first-order chi connectivity index (χ1) is 11.0. The van der Waals surface area contributed by atoms with E-state index in [1.54, 1.807) is 4.57 Å². The van der Waals surface area contributed by atoms with Gasteiger partial charge < -0.3 is 15.2 Å². The minimum atomic E-state index is -0.244. The Morgan fingerprint density at radius 2 is 2.17 bits per heavy atom. The summed E-state index contributed by atoms with van der Waals surface area (Å²) in [4.78, 5) is 19.9. The summed E-state index contributed by atoms with van der Waals surface area (Å²) in [5, 5.41) is 13.4. The normalized spacial score (nSPS) is 11.3. The average molecular weight is 341 g/mol. The molecule has 0 fully saturated rings. The molecule has 0 bridgehead atoms. The average Bonchev–Trinajstić information content (AvgIpc) is 2.85. The molecule has 126 valence electrons. The molecule has 0 atom stereocenters. The highest BCUT2D eigenvalue weighted by molar-refractivity contribution is 6.32. The molecule has 2 rings (SSSR count). The van der Waals surface area contributed by atoms with E-state index in [9.17, 15) is 9.90 Å². The molecule has 2 aromatic heterocycles. The van der Waals surface area contributed by atoms with Crippen molar-refractivity contribution in [3.05, 3.63) is 16.8 Å². The monoisotopic (exact) mass is 340 g/mol. The Labute approximate surface area is 139 Å². The predicted molar refractivity (Wildman–Crippen MR) is 87.5 cm³/mol. The Hall–Kier alpha value is -1.86.